The van der Waals surface area contributed by atoms with Gasteiger partial charge in [0.15, 0.2) is 0 Å². The van der Waals surface area contributed by atoms with Crippen LogP contribution in [0, 0.1) is 0 Å². The minimum absolute atomic E-state index is 1.13. The summed E-state index contributed by atoms with van der Waals surface area (Å²) in [6.07, 6.45) is 9.49. The molecule has 1 nitrogen and oxygen atoms in total. The molecule has 0 aromatic carbocycles. The van der Waals surface area contributed by atoms with Crippen LogP contribution in [0.4, 0.5) is 0 Å². The monoisotopic (exact) mass is 139 g/mol. The molecule has 0 N–H and O–H groups in total. The first-order valence-corrected chi connectivity index (χ1v) is 3.70. The topological polar surface area (TPSA) is 3.24 Å². The predicted octanol–water partition coefficient (Wildman–Crippen LogP) is 2.07. The van der Waals surface area contributed by atoms with Gasteiger partial charge in [-0.15, -0.1) is 0 Å². The van der Waals surface area contributed by atoms with Crippen LogP contribution in [0.15, 0.2) is 24.3 Å². The molecule has 0 aliphatic carbocycles. The summed E-state index contributed by atoms with van der Waals surface area (Å²) in [5, 5.41) is 0. The number of allylic oxidation sites excluding steroid dienone is 3. The second kappa shape index (κ2) is 6.56. The summed E-state index contributed by atoms with van der Waals surface area (Å²) in [5.41, 5.74) is 0. The van der Waals surface area contributed by atoms with Gasteiger partial charge in [-0.2, -0.15) is 0 Å². The van der Waals surface area contributed by atoms with Crippen molar-refractivity contribution in [2.75, 3.05) is 20.6 Å². The highest BCUT2D eigenvalue weighted by molar-refractivity contribution is 5.00. The van der Waals surface area contributed by atoms with Crippen molar-refractivity contribution in [3.8, 4) is 0 Å². The van der Waals surface area contributed by atoms with E-state index in [0.717, 1.165) is 13.0 Å². The highest BCUT2D eigenvalue weighted by Gasteiger charge is 1.82. The van der Waals surface area contributed by atoms with E-state index in [1.165, 1.54) is 0 Å². The van der Waals surface area contributed by atoms with E-state index in [-0.39, 0.29) is 0 Å². The minimum Gasteiger partial charge on any atom is -0.309 e. The molecule has 0 aliphatic rings. The van der Waals surface area contributed by atoms with Gasteiger partial charge in [0.25, 0.3) is 0 Å². The van der Waals surface area contributed by atoms with Crippen LogP contribution in [-0.4, -0.2) is 25.5 Å². The molecule has 0 radical (unpaired) electrons. The molecule has 1 heteroatoms. The fourth-order valence-corrected chi connectivity index (χ4v) is 0.619. The second-order valence-corrected chi connectivity index (χ2v) is 2.55. The van der Waals surface area contributed by atoms with Crippen molar-refractivity contribution in [2.24, 2.45) is 0 Å². The summed E-state index contributed by atoms with van der Waals surface area (Å²) in [4.78, 5) is 2.18. The smallest absolute Gasteiger partial charge is 0.000991 e. The number of nitrogens with zero attached hydrogens (tertiary/aromatic N) is 1. The Labute approximate surface area is 64.0 Å². The second-order valence-electron chi connectivity index (χ2n) is 2.55. The molecule has 0 unspecified atom stereocenters. The van der Waals surface area contributed by atoms with Crippen LogP contribution in [0.1, 0.15) is 13.3 Å². The Hall–Kier alpha value is -0.560. The maximum Gasteiger partial charge on any atom is 0.000991 e. The van der Waals surface area contributed by atoms with Crippen molar-refractivity contribution in [3.63, 3.8) is 0 Å². The third-order valence-corrected chi connectivity index (χ3v) is 1.18. The van der Waals surface area contributed by atoms with Gasteiger partial charge in [0, 0.05) is 6.54 Å². The number of hydrogen-bond donors (Lipinski definition) is 0. The molecule has 0 heterocycles. The zero-order chi connectivity index (χ0) is 7.82. The van der Waals surface area contributed by atoms with Crippen LogP contribution in [0.25, 0.3) is 0 Å². The molecule has 0 spiro atoms. The highest BCUT2D eigenvalue weighted by Crippen LogP contribution is 1.86. The first kappa shape index (κ1) is 9.44. The van der Waals surface area contributed by atoms with Gasteiger partial charge >= 0.3 is 0 Å². The normalized spacial score (nSPS) is 12.4. The summed E-state index contributed by atoms with van der Waals surface area (Å²) < 4.78 is 0. The molecule has 58 valence electrons. The van der Waals surface area contributed by atoms with Crippen LogP contribution in [0.2, 0.25) is 0 Å². The largest absolute Gasteiger partial charge is 0.309 e. The summed E-state index contributed by atoms with van der Waals surface area (Å²) in [5.74, 6) is 0. The summed E-state index contributed by atoms with van der Waals surface area (Å²) in [7, 11) is 4.17. The van der Waals surface area contributed by atoms with Crippen molar-refractivity contribution in [2.45, 2.75) is 13.3 Å². The molecule has 0 amide bonds. The molecule has 0 aromatic rings. The van der Waals surface area contributed by atoms with E-state index in [2.05, 4.69) is 37.2 Å². The zero-order valence-electron chi connectivity index (χ0n) is 7.17. The minimum atomic E-state index is 1.13. The van der Waals surface area contributed by atoms with Gasteiger partial charge in [0.2, 0.25) is 0 Å². The molecule has 0 aliphatic heterocycles. The van der Waals surface area contributed by atoms with Crippen LogP contribution >= 0.6 is 0 Å². The van der Waals surface area contributed by atoms with Crippen molar-refractivity contribution in [1.29, 1.82) is 0 Å². The van der Waals surface area contributed by atoms with Crippen molar-refractivity contribution >= 4 is 0 Å². The van der Waals surface area contributed by atoms with Gasteiger partial charge in [-0.05, 0) is 27.4 Å². The fraction of sp³-hybridized carbons (Fsp3) is 0.556. The summed E-state index contributed by atoms with van der Waals surface area (Å²) in [6, 6.07) is 0. The fourth-order valence-electron chi connectivity index (χ4n) is 0.619. The first-order valence-electron chi connectivity index (χ1n) is 3.70. The highest BCUT2D eigenvalue weighted by atomic mass is 15.0. The van der Waals surface area contributed by atoms with Crippen molar-refractivity contribution in [1.82, 2.24) is 4.90 Å². The molecule has 0 fully saturated rings. The van der Waals surface area contributed by atoms with Crippen LogP contribution in [0.3, 0.4) is 0 Å². The molecule has 10 heavy (non-hydrogen) atoms. The lowest BCUT2D eigenvalue weighted by Gasteiger charge is -2.04. The van der Waals surface area contributed by atoms with Crippen molar-refractivity contribution in [3.05, 3.63) is 24.3 Å². The summed E-state index contributed by atoms with van der Waals surface area (Å²) in [6.45, 7) is 3.16. The number of rotatable bonds is 4. The Morgan fingerprint density at radius 3 is 2.40 bits per heavy atom. The van der Waals surface area contributed by atoms with Crippen LogP contribution < -0.4 is 0 Å². The van der Waals surface area contributed by atoms with Gasteiger partial charge in [-0.25, -0.2) is 0 Å². The molecule has 0 saturated heterocycles. The molecular formula is C9H17N. The van der Waals surface area contributed by atoms with Gasteiger partial charge in [0.1, 0.15) is 0 Å². The Kier molecular flexibility index (Phi) is 6.19. The molecule has 0 bridgehead atoms. The predicted molar refractivity (Wildman–Crippen MR) is 47.1 cm³/mol. The third-order valence-electron chi connectivity index (χ3n) is 1.18. The van der Waals surface area contributed by atoms with E-state index in [1.54, 1.807) is 0 Å². The van der Waals surface area contributed by atoms with Gasteiger partial charge in [0.05, 0.1) is 0 Å². The molecule has 0 aromatic heterocycles. The van der Waals surface area contributed by atoms with Crippen LogP contribution in [-0.2, 0) is 0 Å². The van der Waals surface area contributed by atoms with Crippen LogP contribution in [0.5, 0.6) is 0 Å². The lowest BCUT2D eigenvalue weighted by molar-refractivity contribution is 0.417. The first-order chi connectivity index (χ1) is 4.77. The van der Waals surface area contributed by atoms with E-state index in [9.17, 15) is 0 Å². The Bertz CT molecular complexity index is 112. The Morgan fingerprint density at radius 1 is 1.20 bits per heavy atom. The standard InChI is InChI=1S/C9H17N/c1-4-5-6-7-8-9-10(2)3/h4-7H,8-9H2,1-3H3/b5-4-,7-6-. The van der Waals surface area contributed by atoms with Crippen molar-refractivity contribution < 1.29 is 0 Å². The third kappa shape index (κ3) is 7.44. The molecule has 0 rings (SSSR count). The lowest BCUT2D eigenvalue weighted by atomic mass is 10.3. The average Bonchev–Trinajstić information content (AvgIpc) is 1.87. The van der Waals surface area contributed by atoms with Gasteiger partial charge < -0.3 is 4.90 Å². The molecular weight excluding hydrogens is 122 g/mol. The molecule has 0 saturated carbocycles. The van der Waals surface area contributed by atoms with E-state index in [0.29, 0.717) is 0 Å². The van der Waals surface area contributed by atoms with E-state index < -0.39 is 0 Å². The van der Waals surface area contributed by atoms with E-state index in [1.807, 2.05) is 13.0 Å². The average molecular weight is 139 g/mol. The van der Waals surface area contributed by atoms with E-state index >= 15 is 0 Å². The Morgan fingerprint density at radius 2 is 1.90 bits per heavy atom. The maximum absolute atomic E-state index is 2.18. The maximum atomic E-state index is 2.18. The summed E-state index contributed by atoms with van der Waals surface area (Å²) >= 11 is 0. The zero-order valence-corrected chi connectivity index (χ0v) is 7.17. The Balaban J connectivity index is 3.18. The SMILES string of the molecule is C/C=C\C=C/CCN(C)C. The number of hydrogen-bond acceptors (Lipinski definition) is 1. The van der Waals surface area contributed by atoms with E-state index in [4.69, 9.17) is 0 Å². The van der Waals surface area contributed by atoms with Gasteiger partial charge in [-0.3, -0.25) is 0 Å². The quantitative estimate of drug-likeness (QED) is 0.539. The van der Waals surface area contributed by atoms with Gasteiger partial charge in [-0.1, -0.05) is 24.3 Å². The molecule has 0 atom stereocenters. The lowest BCUT2D eigenvalue weighted by Crippen LogP contribution is -2.11.